The maximum absolute atomic E-state index is 13.6. The summed E-state index contributed by atoms with van der Waals surface area (Å²) in [6.45, 7) is 2.03. The smallest absolute Gasteiger partial charge is 0.258 e. The number of aryl methyl sites for hydroxylation is 1. The minimum atomic E-state index is -4.57. The van der Waals surface area contributed by atoms with Gasteiger partial charge in [0, 0.05) is 0 Å². The summed E-state index contributed by atoms with van der Waals surface area (Å²) in [5.74, 6) is 0. The summed E-state index contributed by atoms with van der Waals surface area (Å²) in [5.41, 5.74) is 0.171. The monoisotopic (exact) mass is 517 g/mol. The van der Waals surface area contributed by atoms with Crippen LogP contribution in [0.15, 0.2) is 129 Å². The number of alkyl halides is 3. The SMILES string of the molecule is CCc1ccc(S([OH+]S(=O)(=O)c2ccc(C(F)(F)F)cc2)(c2ccccc2)c2ccccc2)cc1. The highest BCUT2D eigenvalue weighted by Gasteiger charge is 2.43. The fourth-order valence-electron chi connectivity index (χ4n) is 3.70. The first-order valence-corrected chi connectivity index (χ1v) is 13.9. The molecule has 0 bridgehead atoms. The molecule has 0 aromatic heterocycles. The van der Waals surface area contributed by atoms with Crippen LogP contribution in [0.2, 0.25) is 0 Å². The van der Waals surface area contributed by atoms with E-state index in [1.165, 1.54) is 0 Å². The van der Waals surface area contributed by atoms with E-state index in [0.717, 1.165) is 36.2 Å². The molecule has 4 aromatic rings. The van der Waals surface area contributed by atoms with E-state index in [1.807, 2.05) is 91.9 Å². The van der Waals surface area contributed by atoms with Crippen LogP contribution in [0.25, 0.3) is 0 Å². The molecule has 4 rings (SSSR count). The third-order valence-corrected chi connectivity index (χ3v) is 10.9. The first kappa shape index (κ1) is 25.0. The van der Waals surface area contributed by atoms with Gasteiger partial charge in [-0.3, -0.25) is 3.63 Å². The maximum atomic E-state index is 13.6. The molecule has 182 valence electrons. The molecule has 0 saturated heterocycles. The fraction of sp³-hybridized carbons (Fsp3) is 0.111. The molecule has 3 nitrogen and oxygen atoms in total. The lowest BCUT2D eigenvalue weighted by Gasteiger charge is -2.34. The van der Waals surface area contributed by atoms with Crippen LogP contribution in [0.4, 0.5) is 13.2 Å². The van der Waals surface area contributed by atoms with Crippen molar-refractivity contribution in [1.29, 1.82) is 0 Å². The van der Waals surface area contributed by atoms with Gasteiger partial charge in [-0.2, -0.15) is 13.2 Å². The Morgan fingerprint density at radius 1 is 0.629 bits per heavy atom. The van der Waals surface area contributed by atoms with Gasteiger partial charge in [-0.05, 0) is 72.6 Å². The standard InChI is InChI=1S/C27H23F3O3S2/c1-2-21-13-17-25(18-14-21)34(23-9-5-3-6-10-23,24-11-7-4-8-12-24)33-35(31,32)26-19-15-22(16-20-26)27(28,29)30/h3-20H,2H2,1H3/p+1. The van der Waals surface area contributed by atoms with Gasteiger partial charge in [-0.1, -0.05) is 55.5 Å². The molecule has 0 amide bonds. The van der Waals surface area contributed by atoms with Gasteiger partial charge >= 0.3 is 16.3 Å². The molecular formula is C27H24F3O3S2+. The number of rotatable bonds is 7. The average molecular weight is 518 g/mol. The van der Waals surface area contributed by atoms with E-state index >= 15 is 0 Å². The van der Waals surface area contributed by atoms with E-state index in [4.69, 9.17) is 0 Å². The van der Waals surface area contributed by atoms with Crippen LogP contribution in [0.1, 0.15) is 18.1 Å². The van der Waals surface area contributed by atoms with Gasteiger partial charge in [0.15, 0.2) is 0 Å². The minimum Gasteiger partial charge on any atom is -0.258 e. The van der Waals surface area contributed by atoms with Gasteiger partial charge in [0.05, 0.1) is 30.6 Å². The number of hydrogen-bond donors (Lipinski definition) is 0. The number of halogens is 3. The second kappa shape index (κ2) is 9.89. The number of hydrogen-bond acceptors (Lipinski definition) is 2. The second-order valence-corrected chi connectivity index (χ2v) is 12.4. The van der Waals surface area contributed by atoms with Crippen molar-refractivity contribution in [1.82, 2.24) is 0 Å². The molecule has 1 N–H and O–H groups in total. The molecule has 0 unspecified atom stereocenters. The van der Waals surface area contributed by atoms with Gasteiger partial charge < -0.3 is 0 Å². The summed E-state index contributed by atoms with van der Waals surface area (Å²) in [5, 5.41) is 0. The van der Waals surface area contributed by atoms with Crippen LogP contribution >= 0.6 is 10.3 Å². The summed E-state index contributed by atoms with van der Waals surface area (Å²) in [7, 11) is -7.03. The van der Waals surface area contributed by atoms with Gasteiger partial charge in [-0.25, -0.2) is 0 Å². The Morgan fingerprint density at radius 3 is 1.49 bits per heavy atom. The van der Waals surface area contributed by atoms with E-state index in [0.29, 0.717) is 14.7 Å². The molecule has 0 aliphatic rings. The Balaban J connectivity index is 1.93. The Hall–Kier alpha value is -3.07. The van der Waals surface area contributed by atoms with Gasteiger partial charge in [0.25, 0.3) is 0 Å². The lowest BCUT2D eigenvalue weighted by Crippen LogP contribution is -2.19. The van der Waals surface area contributed by atoms with Crippen molar-refractivity contribution in [2.45, 2.75) is 39.1 Å². The van der Waals surface area contributed by atoms with Gasteiger partial charge in [0.2, 0.25) is 0 Å². The Bertz CT molecular complexity index is 1330. The van der Waals surface area contributed by atoms with E-state index in [1.54, 1.807) is 0 Å². The maximum Gasteiger partial charge on any atom is 0.422 e. The average Bonchev–Trinajstić information content (AvgIpc) is 2.88. The normalized spacial score (nSPS) is 12.9. The van der Waals surface area contributed by atoms with Crippen molar-refractivity contribution in [2.24, 2.45) is 0 Å². The van der Waals surface area contributed by atoms with Crippen molar-refractivity contribution < 1.29 is 25.2 Å². The molecule has 0 radical (unpaired) electrons. The second-order valence-electron chi connectivity index (χ2n) is 7.78. The molecule has 35 heavy (non-hydrogen) atoms. The molecule has 4 aromatic carbocycles. The largest absolute Gasteiger partial charge is 0.422 e. The third kappa shape index (κ3) is 5.15. The molecule has 8 heteroatoms. The Kier molecular flexibility index (Phi) is 7.07. The lowest BCUT2D eigenvalue weighted by atomic mass is 10.2. The van der Waals surface area contributed by atoms with Crippen molar-refractivity contribution in [3.8, 4) is 0 Å². The van der Waals surface area contributed by atoms with Crippen LogP contribution in [0.3, 0.4) is 0 Å². The zero-order valence-corrected chi connectivity index (χ0v) is 20.4. The van der Waals surface area contributed by atoms with Crippen LogP contribution in [-0.2, 0) is 22.7 Å². The highest BCUT2D eigenvalue weighted by Crippen LogP contribution is 2.68. The molecule has 0 saturated carbocycles. The first-order valence-electron chi connectivity index (χ1n) is 10.9. The van der Waals surface area contributed by atoms with E-state index in [9.17, 15) is 21.6 Å². The van der Waals surface area contributed by atoms with Crippen LogP contribution in [0, 0.1) is 0 Å². The van der Waals surface area contributed by atoms with Gasteiger partial charge in [0.1, 0.15) is 4.90 Å². The lowest BCUT2D eigenvalue weighted by molar-refractivity contribution is -0.137. The zero-order chi connectivity index (χ0) is 25.1. The predicted octanol–water partition coefficient (Wildman–Crippen LogP) is 7.95. The highest BCUT2D eigenvalue weighted by atomic mass is 32.3. The van der Waals surface area contributed by atoms with Crippen molar-refractivity contribution in [3.63, 3.8) is 0 Å². The van der Waals surface area contributed by atoms with Crippen molar-refractivity contribution in [2.75, 3.05) is 0 Å². The quantitative estimate of drug-likeness (QED) is 0.184. The van der Waals surface area contributed by atoms with Crippen molar-refractivity contribution >= 4 is 20.4 Å². The van der Waals surface area contributed by atoms with Crippen LogP contribution in [0.5, 0.6) is 0 Å². The van der Waals surface area contributed by atoms with Crippen LogP contribution < -0.4 is 0 Å². The van der Waals surface area contributed by atoms with Crippen molar-refractivity contribution in [3.05, 3.63) is 120 Å². The molecular weight excluding hydrogens is 493 g/mol. The molecule has 0 heterocycles. The summed E-state index contributed by atoms with van der Waals surface area (Å²) in [4.78, 5) is 1.82. The highest BCUT2D eigenvalue weighted by molar-refractivity contribution is 8.32. The summed E-state index contributed by atoms with van der Waals surface area (Å²) < 4.78 is 70.9. The molecule has 0 atom stereocenters. The first-order chi connectivity index (χ1) is 16.7. The molecule has 0 aliphatic heterocycles. The van der Waals surface area contributed by atoms with Gasteiger partial charge in [-0.15, -0.1) is 8.42 Å². The topological polar surface area (TPSA) is 46.9 Å². The summed E-state index contributed by atoms with van der Waals surface area (Å²) in [6, 6.07) is 29.4. The number of benzene rings is 4. The molecule has 0 spiro atoms. The van der Waals surface area contributed by atoms with E-state index < -0.39 is 32.2 Å². The fourth-order valence-corrected chi connectivity index (χ4v) is 9.18. The molecule has 0 aliphatic carbocycles. The Morgan fingerprint density at radius 2 is 1.06 bits per heavy atom. The van der Waals surface area contributed by atoms with E-state index in [-0.39, 0.29) is 4.90 Å². The Labute approximate surface area is 204 Å². The van der Waals surface area contributed by atoms with E-state index in [2.05, 4.69) is 3.63 Å². The summed E-state index contributed by atoms with van der Waals surface area (Å²) >= 11 is 0. The minimum absolute atomic E-state index is 0.292. The third-order valence-electron chi connectivity index (χ3n) is 5.53. The zero-order valence-electron chi connectivity index (χ0n) is 18.8. The summed E-state index contributed by atoms with van der Waals surface area (Å²) in [6.07, 6.45) is -3.75. The molecule has 0 fully saturated rings. The van der Waals surface area contributed by atoms with Crippen LogP contribution in [-0.4, -0.2) is 12.0 Å². The predicted molar refractivity (Wildman–Crippen MR) is 132 cm³/mol.